The minimum atomic E-state index is -0.237. The van der Waals surface area contributed by atoms with Gasteiger partial charge in [-0.1, -0.05) is 53.7 Å². The Morgan fingerprint density at radius 3 is 2.25 bits per heavy atom. The first-order chi connectivity index (χ1) is 15.2. The summed E-state index contributed by atoms with van der Waals surface area (Å²) in [6, 6.07) is 0. The minimum absolute atomic E-state index is 0.237. The molecular formula is C30H48O2. The van der Waals surface area contributed by atoms with Gasteiger partial charge in [-0.3, -0.25) is 0 Å². The smallest absolute Gasteiger partial charge is 0.175 e. The molecule has 32 heavy (non-hydrogen) atoms. The van der Waals surface area contributed by atoms with E-state index in [-0.39, 0.29) is 5.79 Å². The van der Waals surface area contributed by atoms with Crippen molar-refractivity contribution >= 4 is 0 Å². The molecule has 1 saturated heterocycles. The maximum atomic E-state index is 6.66. The van der Waals surface area contributed by atoms with Crippen LogP contribution in [0.1, 0.15) is 92.9 Å². The van der Waals surface area contributed by atoms with Crippen molar-refractivity contribution in [3.05, 3.63) is 12.2 Å². The van der Waals surface area contributed by atoms with Crippen molar-refractivity contribution in [2.24, 2.45) is 63.6 Å². The summed E-state index contributed by atoms with van der Waals surface area (Å²) in [4.78, 5) is 0. The van der Waals surface area contributed by atoms with E-state index >= 15 is 0 Å². The quantitative estimate of drug-likeness (QED) is 0.422. The lowest BCUT2D eigenvalue weighted by atomic mass is 9.44. The summed E-state index contributed by atoms with van der Waals surface area (Å²) in [6.45, 7) is 16.6. The van der Waals surface area contributed by atoms with Crippen LogP contribution in [0.25, 0.3) is 0 Å². The van der Waals surface area contributed by atoms with Crippen molar-refractivity contribution in [2.75, 3.05) is 13.2 Å². The average Bonchev–Trinajstić information content (AvgIpc) is 3.02. The molecule has 0 aromatic heterocycles. The molecular weight excluding hydrogens is 392 g/mol. The number of hydrogen-bond donors (Lipinski definition) is 0. The van der Waals surface area contributed by atoms with E-state index < -0.39 is 0 Å². The zero-order chi connectivity index (χ0) is 22.5. The molecule has 2 spiro atoms. The highest BCUT2D eigenvalue weighted by Gasteiger charge is 2.83. The average molecular weight is 441 g/mol. The first-order valence-electron chi connectivity index (χ1n) is 14.1. The number of fused-ring (bicyclic) bond motifs is 4. The Hall–Kier alpha value is -0.340. The first kappa shape index (κ1) is 22.1. The largest absolute Gasteiger partial charge is 0.347 e. The fourth-order valence-electron chi connectivity index (χ4n) is 10.8. The van der Waals surface area contributed by atoms with Gasteiger partial charge in [0.2, 0.25) is 0 Å². The van der Waals surface area contributed by atoms with E-state index in [0.717, 1.165) is 48.7 Å². The molecule has 10 atom stereocenters. The van der Waals surface area contributed by atoms with Crippen LogP contribution in [0.15, 0.2) is 12.2 Å². The molecule has 0 bridgehead atoms. The highest BCUT2D eigenvalue weighted by atomic mass is 16.7. The van der Waals surface area contributed by atoms with Gasteiger partial charge < -0.3 is 9.47 Å². The van der Waals surface area contributed by atoms with Gasteiger partial charge in [0, 0.05) is 11.8 Å². The molecule has 6 aliphatic rings. The van der Waals surface area contributed by atoms with Crippen LogP contribution in [0, 0.1) is 63.6 Å². The minimum Gasteiger partial charge on any atom is -0.347 e. The van der Waals surface area contributed by atoms with E-state index in [2.05, 4.69) is 53.7 Å². The second-order valence-electron chi connectivity index (χ2n) is 13.9. The molecule has 0 aromatic carbocycles. The Balaban J connectivity index is 1.29. The summed E-state index contributed by atoms with van der Waals surface area (Å²) in [6.07, 6.45) is 16.3. The molecule has 5 saturated carbocycles. The summed E-state index contributed by atoms with van der Waals surface area (Å²) in [7, 11) is 0. The molecule has 0 amide bonds. The van der Waals surface area contributed by atoms with E-state index in [9.17, 15) is 0 Å². The van der Waals surface area contributed by atoms with Gasteiger partial charge in [0.15, 0.2) is 5.79 Å². The van der Waals surface area contributed by atoms with Crippen molar-refractivity contribution in [1.29, 1.82) is 0 Å². The van der Waals surface area contributed by atoms with Gasteiger partial charge in [-0.05, 0) is 103 Å². The van der Waals surface area contributed by atoms with Crippen LogP contribution in [0.5, 0.6) is 0 Å². The van der Waals surface area contributed by atoms with Gasteiger partial charge in [0.1, 0.15) is 0 Å². The number of hydrogen-bond acceptors (Lipinski definition) is 2. The molecule has 2 nitrogen and oxygen atoms in total. The standard InChI is InChI=1S/C30H48O2/c1-19(2)20(3)7-8-21(4)24-9-10-25-23-18-30(31-15-16-32-30)29-17-22(29)11-14-28(29,6)26(23)12-13-27(24,25)5/h7-8,19-26H,9-18H2,1-6H3/b8-7+/t20-,21-,22-,23+,24-,25+,26+,27-,28-,29-/m1/s1. The van der Waals surface area contributed by atoms with E-state index in [1.165, 1.54) is 51.4 Å². The van der Waals surface area contributed by atoms with Crippen molar-refractivity contribution in [1.82, 2.24) is 0 Å². The van der Waals surface area contributed by atoms with Gasteiger partial charge in [-0.25, -0.2) is 0 Å². The molecule has 0 unspecified atom stereocenters. The molecule has 6 rings (SSSR count). The topological polar surface area (TPSA) is 18.5 Å². The van der Waals surface area contributed by atoms with Crippen molar-refractivity contribution in [3.8, 4) is 0 Å². The van der Waals surface area contributed by atoms with Gasteiger partial charge in [-0.15, -0.1) is 0 Å². The number of rotatable bonds is 4. The molecule has 180 valence electrons. The van der Waals surface area contributed by atoms with Crippen molar-refractivity contribution < 1.29 is 9.47 Å². The van der Waals surface area contributed by atoms with E-state index in [0.29, 0.717) is 28.1 Å². The third-order valence-electron chi connectivity index (χ3n) is 12.8. The van der Waals surface area contributed by atoms with Crippen molar-refractivity contribution in [2.45, 2.75) is 98.7 Å². The van der Waals surface area contributed by atoms with Crippen LogP contribution in [0.2, 0.25) is 0 Å². The Kier molecular flexibility index (Phi) is 4.91. The predicted octanol–water partition coefficient (Wildman–Crippen LogP) is 7.48. The van der Waals surface area contributed by atoms with Crippen LogP contribution in [-0.2, 0) is 9.47 Å². The van der Waals surface area contributed by atoms with Crippen molar-refractivity contribution in [3.63, 3.8) is 0 Å². The third-order valence-corrected chi connectivity index (χ3v) is 12.8. The van der Waals surface area contributed by atoms with E-state index in [1.54, 1.807) is 0 Å². The Morgan fingerprint density at radius 2 is 1.56 bits per heavy atom. The molecule has 2 heteroatoms. The predicted molar refractivity (Wildman–Crippen MR) is 130 cm³/mol. The Bertz CT molecular complexity index is 780. The fraction of sp³-hybridized carbons (Fsp3) is 0.933. The zero-order valence-electron chi connectivity index (χ0n) is 21.7. The second-order valence-corrected chi connectivity index (χ2v) is 13.9. The van der Waals surface area contributed by atoms with Crippen LogP contribution >= 0.6 is 0 Å². The second kappa shape index (κ2) is 7.09. The van der Waals surface area contributed by atoms with E-state index in [4.69, 9.17) is 9.47 Å². The summed E-state index contributed by atoms with van der Waals surface area (Å²) >= 11 is 0. The number of ether oxygens (including phenoxy) is 2. The fourth-order valence-corrected chi connectivity index (χ4v) is 10.8. The van der Waals surface area contributed by atoms with Gasteiger partial charge in [0.05, 0.1) is 13.2 Å². The van der Waals surface area contributed by atoms with Crippen LogP contribution in [0.3, 0.4) is 0 Å². The lowest BCUT2D eigenvalue weighted by Crippen LogP contribution is -2.62. The third kappa shape index (κ3) is 2.61. The monoisotopic (exact) mass is 440 g/mol. The summed E-state index contributed by atoms with van der Waals surface area (Å²) in [5.41, 5.74) is 1.29. The zero-order valence-corrected chi connectivity index (χ0v) is 21.7. The highest BCUT2D eigenvalue weighted by Crippen LogP contribution is 2.85. The lowest BCUT2D eigenvalue weighted by Gasteiger charge is -2.63. The van der Waals surface area contributed by atoms with Crippen LogP contribution in [0.4, 0.5) is 0 Å². The summed E-state index contributed by atoms with van der Waals surface area (Å²) in [5, 5.41) is 0. The summed E-state index contributed by atoms with van der Waals surface area (Å²) in [5.74, 6) is 6.15. The maximum Gasteiger partial charge on any atom is 0.175 e. The normalized spacial score (nSPS) is 52.7. The van der Waals surface area contributed by atoms with Gasteiger partial charge >= 0.3 is 0 Å². The molecule has 0 aromatic rings. The Labute approximate surface area is 197 Å². The molecule has 5 aliphatic carbocycles. The number of allylic oxidation sites excluding steroid dienone is 2. The SMILES string of the molecule is CC(C)[C@H](C)/C=C/[C@@H](C)[C@H]1CC[C@H]2[C@@H]3CC4(OCCO4)[C@]45C[C@H]4CC[C@]5(C)[C@H]3CC[C@]12C. The van der Waals surface area contributed by atoms with Crippen LogP contribution in [-0.4, -0.2) is 19.0 Å². The molecule has 1 aliphatic heterocycles. The first-order valence-corrected chi connectivity index (χ1v) is 14.1. The maximum absolute atomic E-state index is 6.66. The molecule has 6 fully saturated rings. The van der Waals surface area contributed by atoms with Gasteiger partial charge in [-0.2, -0.15) is 0 Å². The molecule has 0 N–H and O–H groups in total. The summed E-state index contributed by atoms with van der Waals surface area (Å²) < 4.78 is 13.3. The lowest BCUT2D eigenvalue weighted by molar-refractivity contribution is -0.294. The molecule has 1 heterocycles. The highest BCUT2D eigenvalue weighted by molar-refractivity contribution is 5.29. The van der Waals surface area contributed by atoms with E-state index in [1.807, 2.05) is 0 Å². The van der Waals surface area contributed by atoms with Crippen LogP contribution < -0.4 is 0 Å². The van der Waals surface area contributed by atoms with Gasteiger partial charge in [0.25, 0.3) is 0 Å². The Morgan fingerprint density at radius 1 is 0.812 bits per heavy atom. The molecule has 0 radical (unpaired) electrons.